The maximum atomic E-state index is 14.8. The molecule has 0 spiro atoms. The van der Waals surface area contributed by atoms with Gasteiger partial charge in [0.25, 0.3) is 0 Å². The van der Waals surface area contributed by atoms with Crippen LogP contribution in [0, 0.1) is 0 Å². The van der Waals surface area contributed by atoms with E-state index in [0.29, 0.717) is 51.5 Å². The number of carboxylic acid groups (broad SMARTS) is 1. The number of aromatic amines is 4. The van der Waals surface area contributed by atoms with Gasteiger partial charge < -0.3 is 116 Å². The van der Waals surface area contributed by atoms with Crippen molar-refractivity contribution in [3.63, 3.8) is 0 Å². The average Bonchev–Trinajstić information content (AvgIpc) is 1.67. The molecule has 1 aliphatic rings. The number of carboxylic acids is 1. The van der Waals surface area contributed by atoms with Gasteiger partial charge in [0.1, 0.15) is 60.4 Å². The summed E-state index contributed by atoms with van der Waals surface area (Å²) in [6.45, 7) is 1.80. The molecule has 0 saturated carbocycles. The predicted octanol–water partition coefficient (Wildman–Crippen LogP) is -4.22. The minimum Gasteiger partial charge on any atom is -0.480 e. The van der Waals surface area contributed by atoms with Gasteiger partial charge in [-0.1, -0.05) is 54.6 Å². The Labute approximate surface area is 606 Å². The molecule has 24 N–H and O–H groups in total. The fourth-order valence-corrected chi connectivity index (χ4v) is 12.3. The molecule has 0 unspecified atom stereocenters. The third kappa shape index (κ3) is 21.5. The van der Waals surface area contributed by atoms with Crippen LogP contribution in [0.25, 0.3) is 32.7 Å². The van der Waals surface area contributed by atoms with Gasteiger partial charge in [0, 0.05) is 89.0 Å². The standard InChI is InChI=1S/C70H91N19O17/c1-35(70(105)106)80-66(101)55-20-12-22-89(55)69(104)54(33-90)86-68(103)59(37(3)92)87-62(97)49(19-10-11-21-71)81-57(94)32-78-61(96)50(24-39-29-76-47-17-8-5-14-43(39)47)83-64(99)53(27-56(73)93)85-67(102)58(36(2)91)88-65(100)51(25-40-30-77-48-18-9-6-15-44(40)48)84-63(98)52(26-41-31-74-34-79-41)82-60(95)45(72)23-38-28-75-46-16-7-4-13-42(38)46/h4-9,13-18,28-31,34-37,45,49-55,58-59,75-77,90-92H,10-12,19-27,32-33,71-72H2,1-3H3,(H2,73,93)(H,74,79)(H,78,96)(H,80,101)(H,81,94)(H,82,95)(H,83,99)(H,84,98)(H,85,102)(H,86,103)(H,87,97)(H,88,100)(H,105,106)/t35-,36+,37+,45-,49-,50-,51-,52-,53-,54-,55-,58-,59-/m0/s1. The Morgan fingerprint density at radius 1 is 0.557 bits per heavy atom. The number of imidazole rings is 1. The fraction of sp³-hybridized carbons (Fsp3) is 0.429. The lowest BCUT2D eigenvalue weighted by Gasteiger charge is -2.30. The van der Waals surface area contributed by atoms with E-state index < -0.39 is 175 Å². The topological polar surface area (TPSA) is 580 Å². The number of para-hydroxylation sites is 3. The van der Waals surface area contributed by atoms with Gasteiger partial charge in [-0.05, 0) is 101 Å². The summed E-state index contributed by atoms with van der Waals surface area (Å²) in [6, 6.07) is 4.33. The number of unbranched alkanes of at least 4 members (excludes halogenated alkanes) is 1. The average molecular weight is 1470 g/mol. The summed E-state index contributed by atoms with van der Waals surface area (Å²) < 4.78 is 0. The van der Waals surface area contributed by atoms with Crippen LogP contribution in [0.5, 0.6) is 0 Å². The van der Waals surface area contributed by atoms with Crippen molar-refractivity contribution in [2.45, 2.75) is 164 Å². The molecule has 3 aromatic carbocycles. The van der Waals surface area contributed by atoms with E-state index in [4.69, 9.17) is 17.2 Å². The zero-order valence-electron chi connectivity index (χ0n) is 58.4. The van der Waals surface area contributed by atoms with Crippen LogP contribution in [-0.4, -0.2) is 232 Å². The van der Waals surface area contributed by atoms with Crippen molar-refractivity contribution in [3.8, 4) is 0 Å². The highest BCUT2D eigenvalue weighted by molar-refractivity contribution is 6.01. The highest BCUT2D eigenvalue weighted by atomic mass is 16.4. The number of amides is 12. The lowest BCUT2D eigenvalue weighted by atomic mass is 10.0. The summed E-state index contributed by atoms with van der Waals surface area (Å²) in [5.74, 6) is -13.4. The maximum absolute atomic E-state index is 14.8. The molecule has 12 amide bonds. The molecular weight excluding hydrogens is 1380 g/mol. The molecule has 0 radical (unpaired) electrons. The Kier molecular flexibility index (Phi) is 28.5. The molecule has 568 valence electrons. The first-order valence-electron chi connectivity index (χ1n) is 34.5. The molecule has 7 aromatic rings. The summed E-state index contributed by atoms with van der Waals surface area (Å²) in [5.41, 5.74) is 22.1. The lowest BCUT2D eigenvalue weighted by Crippen LogP contribution is -2.62. The van der Waals surface area contributed by atoms with Crippen molar-refractivity contribution in [1.29, 1.82) is 0 Å². The van der Waals surface area contributed by atoms with Crippen molar-refractivity contribution in [2.75, 3.05) is 26.2 Å². The van der Waals surface area contributed by atoms with Crippen molar-refractivity contribution in [2.24, 2.45) is 17.2 Å². The Balaban J connectivity index is 0.960. The Morgan fingerprint density at radius 3 is 1.53 bits per heavy atom. The van der Waals surface area contributed by atoms with Crippen LogP contribution >= 0.6 is 0 Å². The number of hydrogen-bond donors (Lipinski definition) is 21. The number of aliphatic hydroxyl groups is 3. The number of rotatable bonds is 39. The number of carbonyl (C=O) groups excluding carboxylic acids is 12. The third-order valence-electron chi connectivity index (χ3n) is 18.1. The molecule has 36 heteroatoms. The van der Waals surface area contributed by atoms with E-state index in [1.54, 1.807) is 67.1 Å². The van der Waals surface area contributed by atoms with Crippen molar-refractivity contribution >= 4 is 110 Å². The molecule has 106 heavy (non-hydrogen) atoms. The highest BCUT2D eigenvalue weighted by Gasteiger charge is 2.41. The SMILES string of the molecule is C[C@H](NC(=O)[C@@H]1CCCN1C(=O)[C@H](CO)NC(=O)[C@@H](NC(=O)[C@H](CCCCN)NC(=O)CNC(=O)[C@H](Cc1c[nH]c2ccccc12)NC(=O)[C@H](CC(N)=O)NC(=O)[C@@H](NC(=O)[C@H](Cc1c[nH]c2ccccc12)NC(=O)[C@H](Cc1cnc[nH]1)NC(=O)[C@@H](N)Cc1c[nH]c2ccccc12)[C@@H](C)O)[C@@H](C)O)C(=O)O. The summed E-state index contributed by atoms with van der Waals surface area (Å²) in [4.78, 5) is 197. The van der Waals surface area contributed by atoms with Crippen LogP contribution in [0.4, 0.5) is 0 Å². The minimum absolute atomic E-state index is 0.00970. The van der Waals surface area contributed by atoms with E-state index in [9.17, 15) is 82.8 Å². The van der Waals surface area contributed by atoms with Gasteiger partial charge in [-0.25, -0.2) is 4.98 Å². The molecule has 1 aliphatic heterocycles. The van der Waals surface area contributed by atoms with E-state index in [-0.39, 0.29) is 58.0 Å². The predicted molar refractivity (Wildman–Crippen MR) is 382 cm³/mol. The molecule has 4 aromatic heterocycles. The van der Waals surface area contributed by atoms with Crippen LogP contribution in [0.2, 0.25) is 0 Å². The smallest absolute Gasteiger partial charge is 0.325 e. The third-order valence-corrected chi connectivity index (χ3v) is 18.1. The number of primary amides is 1. The van der Waals surface area contributed by atoms with E-state index >= 15 is 0 Å². The number of benzene rings is 3. The number of nitrogens with one attached hydrogen (secondary N) is 14. The monoisotopic (exact) mass is 1470 g/mol. The molecule has 36 nitrogen and oxygen atoms in total. The quantitative estimate of drug-likeness (QED) is 0.0162. The van der Waals surface area contributed by atoms with Gasteiger partial charge in [0.05, 0.1) is 44.1 Å². The van der Waals surface area contributed by atoms with Crippen LogP contribution in [0.15, 0.2) is 104 Å². The lowest BCUT2D eigenvalue weighted by molar-refractivity contribution is -0.145. The number of hydrogen-bond acceptors (Lipinski definition) is 19. The summed E-state index contributed by atoms with van der Waals surface area (Å²) >= 11 is 0. The molecule has 0 aliphatic carbocycles. The van der Waals surface area contributed by atoms with Crippen LogP contribution in [0.3, 0.4) is 0 Å². The molecule has 5 heterocycles. The van der Waals surface area contributed by atoms with Gasteiger partial charge in [-0.3, -0.25) is 62.3 Å². The number of aromatic nitrogens is 5. The second-order valence-electron chi connectivity index (χ2n) is 26.1. The number of H-pyrrole nitrogens is 4. The van der Waals surface area contributed by atoms with Crippen molar-refractivity contribution < 1.29 is 82.8 Å². The van der Waals surface area contributed by atoms with Gasteiger partial charge >= 0.3 is 5.97 Å². The molecule has 1 fully saturated rings. The number of nitrogens with zero attached hydrogens (tertiary/aromatic N) is 2. The summed E-state index contributed by atoms with van der Waals surface area (Å²) in [5, 5.41) is 68.3. The summed E-state index contributed by atoms with van der Waals surface area (Å²) in [6.07, 6.45) is 3.65. The van der Waals surface area contributed by atoms with Crippen LogP contribution < -0.4 is 70.4 Å². The Bertz CT molecular complexity index is 4290. The number of aliphatic carboxylic acids is 1. The second kappa shape index (κ2) is 37.7. The van der Waals surface area contributed by atoms with Gasteiger partial charge in [-0.15, -0.1) is 0 Å². The van der Waals surface area contributed by atoms with Crippen molar-refractivity contribution in [1.82, 2.24) is 83.0 Å². The number of nitrogens with two attached hydrogens (primary N) is 3. The molecule has 1 saturated heterocycles. The zero-order valence-corrected chi connectivity index (χ0v) is 58.4. The normalized spacial score (nSPS) is 16.2. The van der Waals surface area contributed by atoms with E-state index in [1.165, 1.54) is 19.4 Å². The minimum atomic E-state index is -1.94. The largest absolute Gasteiger partial charge is 0.480 e. The van der Waals surface area contributed by atoms with Gasteiger partial charge in [-0.2, -0.15) is 0 Å². The first-order chi connectivity index (χ1) is 50.6. The maximum Gasteiger partial charge on any atom is 0.325 e. The summed E-state index contributed by atoms with van der Waals surface area (Å²) in [7, 11) is 0. The number of aliphatic hydroxyl groups excluding tert-OH is 3. The van der Waals surface area contributed by atoms with Gasteiger partial charge in [0.15, 0.2) is 0 Å². The van der Waals surface area contributed by atoms with E-state index in [2.05, 4.69) is 78.1 Å². The Morgan fingerprint density at radius 2 is 1.03 bits per heavy atom. The molecular formula is C70H91N19O17. The molecule has 0 bridgehead atoms. The number of likely N-dealkylation sites (tertiary alicyclic amines) is 1. The molecule has 8 rings (SSSR count). The van der Waals surface area contributed by atoms with Crippen molar-refractivity contribution in [3.05, 3.63) is 126 Å². The van der Waals surface area contributed by atoms with Gasteiger partial charge in [0.2, 0.25) is 70.9 Å². The van der Waals surface area contributed by atoms with E-state index in [1.807, 2.05) is 24.3 Å². The van der Waals surface area contributed by atoms with Crippen LogP contribution in [0.1, 0.15) is 81.7 Å². The Hall–Kier alpha value is -11.6. The first kappa shape index (κ1) is 80.1. The first-order valence-corrected chi connectivity index (χ1v) is 34.5. The molecule has 13 atom stereocenters. The van der Waals surface area contributed by atoms with Crippen LogP contribution in [-0.2, 0) is 88.0 Å². The zero-order chi connectivity index (χ0) is 76.9. The fourth-order valence-electron chi connectivity index (χ4n) is 12.3. The number of fused-ring (bicyclic) bond motifs is 3. The number of carbonyl (C=O) groups is 13. The second-order valence-corrected chi connectivity index (χ2v) is 26.1. The van der Waals surface area contributed by atoms with E-state index in [0.717, 1.165) is 35.2 Å². The highest BCUT2D eigenvalue weighted by Crippen LogP contribution is 2.24.